The van der Waals surface area contributed by atoms with Crippen LogP contribution in [0.1, 0.15) is 31.7 Å². The molecule has 0 amide bonds. The summed E-state index contributed by atoms with van der Waals surface area (Å²) in [7, 11) is 0. The van der Waals surface area contributed by atoms with E-state index in [2.05, 4.69) is 40.3 Å². The molecule has 0 bridgehead atoms. The van der Waals surface area contributed by atoms with E-state index in [1.54, 1.807) is 0 Å². The van der Waals surface area contributed by atoms with Gasteiger partial charge in [0.2, 0.25) is 0 Å². The standard InChI is InChI=1S/C15H20BrNO/c1-10(6-11-2-3-11)17-9-14-8-12-7-13(16)4-5-15(12)18-14/h4-5,7,10-11,14,17H,2-3,6,8-9H2,1H3. The summed E-state index contributed by atoms with van der Waals surface area (Å²) < 4.78 is 7.09. The first-order chi connectivity index (χ1) is 8.70. The first-order valence-electron chi connectivity index (χ1n) is 6.89. The Hall–Kier alpha value is -0.540. The summed E-state index contributed by atoms with van der Waals surface area (Å²) in [5.41, 5.74) is 1.33. The summed E-state index contributed by atoms with van der Waals surface area (Å²) in [5.74, 6) is 2.05. The molecule has 1 fully saturated rings. The van der Waals surface area contributed by atoms with Crippen molar-refractivity contribution in [2.75, 3.05) is 6.54 Å². The number of fused-ring (bicyclic) bond motifs is 1. The minimum atomic E-state index is 0.302. The molecule has 1 aliphatic heterocycles. The minimum absolute atomic E-state index is 0.302. The summed E-state index contributed by atoms with van der Waals surface area (Å²) in [6.45, 7) is 3.25. The maximum atomic E-state index is 5.95. The van der Waals surface area contributed by atoms with Crippen LogP contribution in [0, 0.1) is 5.92 Å². The van der Waals surface area contributed by atoms with E-state index in [0.717, 1.165) is 29.1 Å². The minimum Gasteiger partial charge on any atom is -0.488 e. The van der Waals surface area contributed by atoms with Gasteiger partial charge in [-0.1, -0.05) is 28.8 Å². The second-order valence-electron chi connectivity index (χ2n) is 5.68. The van der Waals surface area contributed by atoms with Crippen molar-refractivity contribution in [3.63, 3.8) is 0 Å². The van der Waals surface area contributed by atoms with Gasteiger partial charge in [-0.05, 0) is 43.0 Å². The maximum Gasteiger partial charge on any atom is 0.123 e. The lowest BCUT2D eigenvalue weighted by Crippen LogP contribution is -2.36. The van der Waals surface area contributed by atoms with Crippen LogP contribution in [0.3, 0.4) is 0 Å². The van der Waals surface area contributed by atoms with Gasteiger partial charge in [-0.25, -0.2) is 0 Å². The lowest BCUT2D eigenvalue weighted by molar-refractivity contribution is 0.220. The van der Waals surface area contributed by atoms with E-state index in [1.807, 2.05) is 6.07 Å². The van der Waals surface area contributed by atoms with E-state index in [9.17, 15) is 0 Å². The molecular weight excluding hydrogens is 290 g/mol. The number of ether oxygens (including phenoxy) is 1. The van der Waals surface area contributed by atoms with Crippen molar-refractivity contribution in [1.82, 2.24) is 5.32 Å². The molecule has 0 aromatic heterocycles. The first kappa shape index (κ1) is 12.5. The van der Waals surface area contributed by atoms with Gasteiger partial charge in [-0.15, -0.1) is 0 Å². The number of halogens is 1. The molecule has 2 aliphatic rings. The fourth-order valence-electron chi connectivity index (χ4n) is 2.67. The molecule has 0 saturated heterocycles. The third-order valence-electron chi connectivity index (χ3n) is 3.84. The van der Waals surface area contributed by atoms with E-state index in [0.29, 0.717) is 12.1 Å². The highest BCUT2D eigenvalue weighted by molar-refractivity contribution is 9.10. The maximum absolute atomic E-state index is 5.95. The van der Waals surface area contributed by atoms with Crippen molar-refractivity contribution >= 4 is 15.9 Å². The highest BCUT2D eigenvalue weighted by Gasteiger charge is 2.26. The monoisotopic (exact) mass is 309 g/mol. The van der Waals surface area contributed by atoms with E-state index in [-0.39, 0.29) is 0 Å². The number of nitrogens with one attached hydrogen (secondary N) is 1. The van der Waals surface area contributed by atoms with Crippen LogP contribution in [0.15, 0.2) is 22.7 Å². The quantitative estimate of drug-likeness (QED) is 0.898. The number of rotatable bonds is 5. The molecular formula is C15H20BrNO. The van der Waals surface area contributed by atoms with Crippen LogP contribution in [0.2, 0.25) is 0 Å². The van der Waals surface area contributed by atoms with Gasteiger partial charge in [0.1, 0.15) is 11.9 Å². The normalized spacial score (nSPS) is 23.6. The number of hydrogen-bond donors (Lipinski definition) is 1. The van der Waals surface area contributed by atoms with Crippen LogP contribution in [0.4, 0.5) is 0 Å². The van der Waals surface area contributed by atoms with Crippen molar-refractivity contribution in [3.8, 4) is 5.75 Å². The molecule has 0 spiro atoms. The predicted octanol–water partition coefficient (Wildman–Crippen LogP) is 3.53. The summed E-state index contributed by atoms with van der Waals surface area (Å²) in [5, 5.41) is 3.61. The molecule has 1 heterocycles. The van der Waals surface area contributed by atoms with Gasteiger partial charge in [0.05, 0.1) is 0 Å². The lowest BCUT2D eigenvalue weighted by Gasteiger charge is -2.17. The number of hydrogen-bond acceptors (Lipinski definition) is 2. The van der Waals surface area contributed by atoms with Gasteiger partial charge < -0.3 is 10.1 Å². The summed E-state index contributed by atoms with van der Waals surface area (Å²) >= 11 is 3.51. The molecule has 0 radical (unpaired) electrons. The van der Waals surface area contributed by atoms with Crippen LogP contribution in [-0.4, -0.2) is 18.7 Å². The van der Waals surface area contributed by atoms with E-state index in [1.165, 1.54) is 24.8 Å². The van der Waals surface area contributed by atoms with Crippen molar-refractivity contribution in [2.24, 2.45) is 5.92 Å². The summed E-state index contributed by atoms with van der Waals surface area (Å²) in [6, 6.07) is 6.90. The second-order valence-corrected chi connectivity index (χ2v) is 6.60. The third kappa shape index (κ3) is 3.07. The van der Waals surface area contributed by atoms with Gasteiger partial charge in [0.25, 0.3) is 0 Å². The van der Waals surface area contributed by atoms with Crippen LogP contribution in [0.5, 0.6) is 5.75 Å². The summed E-state index contributed by atoms with van der Waals surface area (Å²) in [6.07, 6.45) is 5.52. The molecule has 98 valence electrons. The van der Waals surface area contributed by atoms with Crippen molar-refractivity contribution < 1.29 is 4.74 Å². The largest absolute Gasteiger partial charge is 0.488 e. The molecule has 3 rings (SSSR count). The Morgan fingerprint density at radius 3 is 3.06 bits per heavy atom. The SMILES string of the molecule is CC(CC1CC1)NCC1Cc2cc(Br)ccc2O1. The topological polar surface area (TPSA) is 21.3 Å². The fraction of sp³-hybridized carbons (Fsp3) is 0.600. The van der Waals surface area contributed by atoms with Crippen molar-refractivity contribution in [2.45, 2.75) is 44.8 Å². The van der Waals surface area contributed by atoms with Gasteiger partial charge in [0, 0.05) is 23.5 Å². The van der Waals surface area contributed by atoms with Crippen LogP contribution < -0.4 is 10.1 Å². The van der Waals surface area contributed by atoms with E-state index < -0.39 is 0 Å². The zero-order valence-corrected chi connectivity index (χ0v) is 12.4. The van der Waals surface area contributed by atoms with Crippen LogP contribution in [0.25, 0.3) is 0 Å². The Balaban J connectivity index is 1.48. The molecule has 1 aromatic rings. The summed E-state index contributed by atoms with van der Waals surface area (Å²) in [4.78, 5) is 0. The molecule has 1 aliphatic carbocycles. The second kappa shape index (κ2) is 5.22. The average molecular weight is 310 g/mol. The molecule has 2 nitrogen and oxygen atoms in total. The highest BCUT2D eigenvalue weighted by atomic mass is 79.9. The highest BCUT2D eigenvalue weighted by Crippen LogP contribution is 2.34. The van der Waals surface area contributed by atoms with Crippen LogP contribution in [-0.2, 0) is 6.42 Å². The molecule has 2 unspecified atom stereocenters. The van der Waals surface area contributed by atoms with E-state index in [4.69, 9.17) is 4.74 Å². The van der Waals surface area contributed by atoms with Gasteiger partial charge in [0.15, 0.2) is 0 Å². The van der Waals surface area contributed by atoms with E-state index >= 15 is 0 Å². The van der Waals surface area contributed by atoms with Gasteiger partial charge in [-0.2, -0.15) is 0 Å². The molecule has 1 saturated carbocycles. The van der Waals surface area contributed by atoms with Crippen LogP contribution >= 0.6 is 15.9 Å². The van der Waals surface area contributed by atoms with Crippen molar-refractivity contribution in [1.29, 1.82) is 0 Å². The zero-order valence-electron chi connectivity index (χ0n) is 10.8. The molecule has 2 atom stereocenters. The lowest BCUT2D eigenvalue weighted by atomic mass is 10.1. The Kier molecular flexibility index (Phi) is 3.62. The average Bonchev–Trinajstić information content (AvgIpc) is 3.04. The van der Waals surface area contributed by atoms with Gasteiger partial charge in [-0.3, -0.25) is 0 Å². The third-order valence-corrected chi connectivity index (χ3v) is 4.33. The molecule has 18 heavy (non-hydrogen) atoms. The molecule has 1 aromatic carbocycles. The fourth-order valence-corrected chi connectivity index (χ4v) is 3.08. The molecule has 3 heteroatoms. The first-order valence-corrected chi connectivity index (χ1v) is 7.68. The number of benzene rings is 1. The Bertz CT molecular complexity index is 431. The molecule has 1 N–H and O–H groups in total. The Morgan fingerprint density at radius 2 is 2.28 bits per heavy atom. The Morgan fingerprint density at radius 1 is 1.44 bits per heavy atom. The zero-order chi connectivity index (χ0) is 12.5. The van der Waals surface area contributed by atoms with Gasteiger partial charge >= 0.3 is 0 Å². The smallest absolute Gasteiger partial charge is 0.123 e. The van der Waals surface area contributed by atoms with Crippen molar-refractivity contribution in [3.05, 3.63) is 28.2 Å². The Labute approximate surface area is 117 Å². The predicted molar refractivity (Wildman–Crippen MR) is 77.1 cm³/mol.